The Morgan fingerprint density at radius 3 is 2.48 bits per heavy atom. The molecule has 0 bridgehead atoms. The van der Waals surface area contributed by atoms with Crippen molar-refractivity contribution in [3.63, 3.8) is 0 Å². The van der Waals surface area contributed by atoms with E-state index in [1.165, 1.54) is 13.3 Å². The molecule has 7 heteroatoms. The van der Waals surface area contributed by atoms with Gasteiger partial charge in [-0.1, -0.05) is 6.07 Å². The molecule has 0 fully saturated rings. The lowest BCUT2D eigenvalue weighted by Gasteiger charge is -2.09. The summed E-state index contributed by atoms with van der Waals surface area (Å²) >= 11 is 0. The fourth-order valence-corrected chi connectivity index (χ4v) is 2.93. The van der Waals surface area contributed by atoms with Crippen LogP contribution in [0, 0.1) is 0 Å². The Hall–Kier alpha value is -3.35. The molecule has 0 spiro atoms. The number of pyridine rings is 1. The van der Waals surface area contributed by atoms with Crippen LogP contribution in [0.5, 0.6) is 11.6 Å². The summed E-state index contributed by atoms with van der Waals surface area (Å²) in [7, 11) is 3.04. The molecule has 2 heterocycles. The quantitative estimate of drug-likeness (QED) is 0.533. The molecule has 3 rings (SSSR count). The van der Waals surface area contributed by atoms with Crippen molar-refractivity contribution in [1.29, 1.82) is 0 Å². The number of methoxy groups -OCH3 is 2. The second-order valence-electron chi connectivity index (χ2n) is 6.27. The Morgan fingerprint density at radius 2 is 1.89 bits per heavy atom. The van der Waals surface area contributed by atoms with E-state index in [1.807, 2.05) is 30.5 Å². The summed E-state index contributed by atoms with van der Waals surface area (Å²) in [6.45, 7) is 4.02. The third-order valence-electron chi connectivity index (χ3n) is 4.25. The van der Waals surface area contributed by atoms with Crippen molar-refractivity contribution in [2.45, 2.75) is 19.9 Å². The monoisotopic (exact) mass is 367 g/mol. The number of hydrogen-bond acceptors (Lipinski definition) is 5. The topological polar surface area (TPSA) is 82.5 Å². The van der Waals surface area contributed by atoms with E-state index in [0.717, 1.165) is 5.52 Å². The molecular weight excluding hydrogens is 346 g/mol. The Kier molecular flexibility index (Phi) is 5.12. The molecule has 0 unspecified atom stereocenters. The third kappa shape index (κ3) is 3.48. The van der Waals surface area contributed by atoms with Crippen LogP contribution in [-0.4, -0.2) is 35.5 Å². The van der Waals surface area contributed by atoms with E-state index >= 15 is 0 Å². The van der Waals surface area contributed by atoms with Gasteiger partial charge in [-0.2, -0.15) is 0 Å². The molecule has 0 saturated heterocycles. The number of fused-ring (bicyclic) bond motifs is 1. The normalized spacial score (nSPS) is 10.9. The molecular formula is C20H21N3O4. The van der Waals surface area contributed by atoms with Gasteiger partial charge in [0.05, 0.1) is 42.6 Å². The standard InChI is InChI=1S/C20H21N3O4/c1-12(2)23-11-14(18-15(23)6-5-7-16(18)26-3)19(24)20(25)22-13-8-9-17(27-4)21-10-13/h5-12H,1-4H3,(H,22,25). The minimum absolute atomic E-state index is 0.120. The van der Waals surface area contributed by atoms with Gasteiger partial charge in [0.25, 0.3) is 11.7 Å². The van der Waals surface area contributed by atoms with Crippen molar-refractivity contribution in [3.05, 3.63) is 48.3 Å². The van der Waals surface area contributed by atoms with Gasteiger partial charge < -0.3 is 19.4 Å². The maximum atomic E-state index is 12.9. The van der Waals surface area contributed by atoms with Crippen LogP contribution in [0.25, 0.3) is 10.9 Å². The number of amides is 1. The number of nitrogens with zero attached hydrogens (tertiary/aromatic N) is 2. The molecule has 1 aromatic carbocycles. The van der Waals surface area contributed by atoms with Gasteiger partial charge in [-0.05, 0) is 32.0 Å². The SMILES string of the molecule is COc1ccc(NC(=O)C(=O)c2cn(C(C)C)c3cccc(OC)c23)cn1. The highest BCUT2D eigenvalue weighted by Gasteiger charge is 2.24. The van der Waals surface area contributed by atoms with Gasteiger partial charge in [0.2, 0.25) is 5.88 Å². The van der Waals surface area contributed by atoms with E-state index < -0.39 is 11.7 Å². The van der Waals surface area contributed by atoms with Crippen LogP contribution in [0.3, 0.4) is 0 Å². The zero-order valence-corrected chi connectivity index (χ0v) is 15.6. The summed E-state index contributed by atoms with van der Waals surface area (Å²) in [5, 5.41) is 3.20. The molecule has 27 heavy (non-hydrogen) atoms. The second-order valence-corrected chi connectivity index (χ2v) is 6.27. The molecule has 0 aliphatic rings. The van der Waals surface area contributed by atoms with Gasteiger partial charge in [0, 0.05) is 18.3 Å². The van der Waals surface area contributed by atoms with Crippen molar-refractivity contribution in [1.82, 2.24) is 9.55 Å². The largest absolute Gasteiger partial charge is 0.496 e. The zero-order valence-electron chi connectivity index (χ0n) is 15.6. The molecule has 0 aliphatic heterocycles. The van der Waals surface area contributed by atoms with Gasteiger partial charge in [0.15, 0.2) is 0 Å². The van der Waals surface area contributed by atoms with Crippen LogP contribution >= 0.6 is 0 Å². The lowest BCUT2D eigenvalue weighted by Crippen LogP contribution is -2.22. The Labute approximate surface area is 156 Å². The highest BCUT2D eigenvalue weighted by molar-refractivity contribution is 6.48. The van der Waals surface area contributed by atoms with E-state index in [-0.39, 0.29) is 6.04 Å². The summed E-state index contributed by atoms with van der Waals surface area (Å²) in [4.78, 5) is 29.4. The first-order chi connectivity index (χ1) is 13.0. The van der Waals surface area contributed by atoms with Gasteiger partial charge in [-0.3, -0.25) is 9.59 Å². The lowest BCUT2D eigenvalue weighted by atomic mass is 10.1. The fourth-order valence-electron chi connectivity index (χ4n) is 2.93. The summed E-state index contributed by atoms with van der Waals surface area (Å²) in [5.74, 6) is -0.409. The Bertz CT molecular complexity index is 990. The first-order valence-corrected chi connectivity index (χ1v) is 8.49. The zero-order chi connectivity index (χ0) is 19.6. The van der Waals surface area contributed by atoms with Crippen molar-refractivity contribution in [2.24, 2.45) is 0 Å². The maximum Gasteiger partial charge on any atom is 0.296 e. The average molecular weight is 367 g/mol. The molecule has 2 aromatic heterocycles. The molecule has 1 N–H and O–H groups in total. The first kappa shape index (κ1) is 18.4. The number of Topliss-reactive ketones (excluding diaryl/α,β-unsaturated/α-hetero) is 1. The van der Waals surface area contributed by atoms with E-state index in [4.69, 9.17) is 9.47 Å². The van der Waals surface area contributed by atoms with E-state index in [9.17, 15) is 9.59 Å². The number of aromatic nitrogens is 2. The van der Waals surface area contributed by atoms with Gasteiger partial charge >= 0.3 is 0 Å². The summed E-state index contributed by atoms with van der Waals surface area (Å²) < 4.78 is 12.3. The minimum atomic E-state index is -0.740. The number of carbonyl (C=O) groups is 2. The number of ether oxygens (including phenoxy) is 2. The number of rotatable bonds is 6. The predicted molar refractivity (Wildman–Crippen MR) is 103 cm³/mol. The van der Waals surface area contributed by atoms with Crippen LogP contribution in [0.4, 0.5) is 5.69 Å². The van der Waals surface area contributed by atoms with Gasteiger partial charge in [-0.15, -0.1) is 0 Å². The lowest BCUT2D eigenvalue weighted by molar-refractivity contribution is -0.112. The third-order valence-corrected chi connectivity index (χ3v) is 4.25. The smallest absolute Gasteiger partial charge is 0.296 e. The Balaban J connectivity index is 1.97. The number of anilines is 1. The molecule has 3 aromatic rings. The van der Waals surface area contributed by atoms with Crippen LogP contribution in [-0.2, 0) is 4.79 Å². The number of benzene rings is 1. The van der Waals surface area contributed by atoms with Gasteiger partial charge in [-0.25, -0.2) is 4.98 Å². The van der Waals surface area contributed by atoms with Gasteiger partial charge in [0.1, 0.15) is 5.75 Å². The van der Waals surface area contributed by atoms with E-state index in [1.54, 1.807) is 31.5 Å². The summed E-state index contributed by atoms with van der Waals surface area (Å²) in [5.41, 5.74) is 1.55. The van der Waals surface area contributed by atoms with E-state index in [0.29, 0.717) is 28.3 Å². The molecule has 0 saturated carbocycles. The van der Waals surface area contributed by atoms with E-state index in [2.05, 4.69) is 10.3 Å². The molecule has 0 radical (unpaired) electrons. The highest BCUT2D eigenvalue weighted by Crippen LogP contribution is 2.33. The summed E-state index contributed by atoms with van der Waals surface area (Å²) in [6, 6.07) is 8.88. The van der Waals surface area contributed by atoms with Crippen molar-refractivity contribution in [3.8, 4) is 11.6 Å². The van der Waals surface area contributed by atoms with Crippen LogP contribution < -0.4 is 14.8 Å². The molecule has 1 amide bonds. The number of ketones is 1. The second kappa shape index (κ2) is 7.49. The molecule has 0 atom stereocenters. The first-order valence-electron chi connectivity index (χ1n) is 8.49. The van der Waals surface area contributed by atoms with Crippen molar-refractivity contribution >= 4 is 28.3 Å². The van der Waals surface area contributed by atoms with Crippen LogP contribution in [0.2, 0.25) is 0 Å². The Morgan fingerprint density at radius 1 is 1.11 bits per heavy atom. The maximum absolute atomic E-state index is 12.9. The van der Waals surface area contributed by atoms with Crippen LogP contribution in [0.1, 0.15) is 30.2 Å². The molecule has 140 valence electrons. The highest BCUT2D eigenvalue weighted by atomic mass is 16.5. The number of hydrogen-bond donors (Lipinski definition) is 1. The number of nitrogens with one attached hydrogen (secondary N) is 1. The van der Waals surface area contributed by atoms with Crippen LogP contribution in [0.15, 0.2) is 42.7 Å². The molecule has 7 nitrogen and oxygen atoms in total. The summed E-state index contributed by atoms with van der Waals surface area (Å²) in [6.07, 6.45) is 3.13. The molecule has 0 aliphatic carbocycles. The number of carbonyl (C=O) groups excluding carboxylic acids is 2. The average Bonchev–Trinajstić information content (AvgIpc) is 3.08. The van der Waals surface area contributed by atoms with Crippen molar-refractivity contribution in [2.75, 3.05) is 19.5 Å². The predicted octanol–water partition coefficient (Wildman–Crippen LogP) is 3.46. The fraction of sp³-hybridized carbons (Fsp3) is 0.250. The van der Waals surface area contributed by atoms with Crippen molar-refractivity contribution < 1.29 is 19.1 Å². The minimum Gasteiger partial charge on any atom is -0.496 e.